The molecule has 5 heteroatoms. The average molecular weight is 271 g/mol. The molecule has 2 N–H and O–H groups in total. The van der Waals surface area contributed by atoms with Crippen LogP contribution >= 0.6 is 0 Å². The van der Waals surface area contributed by atoms with Gasteiger partial charge in [0.05, 0.1) is 17.4 Å². The molecule has 0 aliphatic heterocycles. The van der Waals surface area contributed by atoms with Crippen molar-refractivity contribution >= 4 is 17.0 Å². The maximum atomic E-state index is 4.38. The largest absolute Gasteiger partial charge is 0.356 e. The Morgan fingerprint density at radius 3 is 3.05 bits per heavy atom. The Kier molecular flexibility index (Phi) is 5.17. The molecule has 0 amide bonds. The monoisotopic (exact) mass is 271 g/mol. The normalized spacial score (nSPS) is 11.6. The lowest BCUT2D eigenvalue weighted by atomic mass is 10.3. The second-order valence-electron chi connectivity index (χ2n) is 4.45. The molecule has 2 aromatic rings. The molecule has 1 aromatic carbocycles. The van der Waals surface area contributed by atoms with E-state index in [1.807, 2.05) is 30.6 Å². The number of hydrogen-bond donors (Lipinski definition) is 2. The molecule has 0 radical (unpaired) electrons. The summed E-state index contributed by atoms with van der Waals surface area (Å²) in [5.41, 5.74) is 2.23. The third-order valence-electron chi connectivity index (χ3n) is 3.03. The van der Waals surface area contributed by atoms with Crippen molar-refractivity contribution in [1.82, 2.24) is 20.2 Å². The molecule has 1 heterocycles. The molecule has 0 bridgehead atoms. The second kappa shape index (κ2) is 7.33. The predicted octanol–water partition coefficient (Wildman–Crippen LogP) is 1.78. The van der Waals surface area contributed by atoms with Crippen molar-refractivity contribution in [2.45, 2.75) is 13.0 Å². The van der Waals surface area contributed by atoms with E-state index in [9.17, 15) is 0 Å². The summed E-state index contributed by atoms with van der Waals surface area (Å²) < 4.78 is 2.18. The molecule has 2 rings (SSSR count). The van der Waals surface area contributed by atoms with Gasteiger partial charge in [-0.25, -0.2) is 4.98 Å². The van der Waals surface area contributed by atoms with Gasteiger partial charge in [-0.2, -0.15) is 0 Å². The molecule has 0 saturated carbocycles. The van der Waals surface area contributed by atoms with E-state index in [0.717, 1.165) is 31.0 Å². The second-order valence-corrected chi connectivity index (χ2v) is 4.45. The molecule has 0 fully saturated rings. The standard InChI is InChI=1S/C15H21N5/c1-3-9-17-15(16-2)18-10-6-11-20-12-19-13-7-4-5-8-14(13)20/h3-5,7-8,12H,1,6,9-11H2,2H3,(H2,16,17,18). The van der Waals surface area contributed by atoms with Crippen LogP contribution in [-0.2, 0) is 6.54 Å². The summed E-state index contributed by atoms with van der Waals surface area (Å²) >= 11 is 0. The quantitative estimate of drug-likeness (QED) is 0.364. The van der Waals surface area contributed by atoms with Crippen molar-refractivity contribution < 1.29 is 0 Å². The number of fused-ring (bicyclic) bond motifs is 1. The molecule has 0 unspecified atom stereocenters. The molecular formula is C15H21N5. The van der Waals surface area contributed by atoms with Gasteiger partial charge in [0, 0.05) is 26.7 Å². The number of benzene rings is 1. The fourth-order valence-electron chi connectivity index (χ4n) is 2.03. The van der Waals surface area contributed by atoms with Gasteiger partial charge in [-0.3, -0.25) is 4.99 Å². The smallest absolute Gasteiger partial charge is 0.191 e. The van der Waals surface area contributed by atoms with E-state index in [0.29, 0.717) is 6.54 Å². The van der Waals surface area contributed by atoms with Gasteiger partial charge in [0.25, 0.3) is 0 Å². The Bertz CT molecular complexity index is 585. The minimum absolute atomic E-state index is 0.714. The predicted molar refractivity (Wildman–Crippen MR) is 83.9 cm³/mol. The first kappa shape index (κ1) is 14.1. The van der Waals surface area contributed by atoms with E-state index in [4.69, 9.17) is 0 Å². The van der Waals surface area contributed by atoms with Crippen LogP contribution in [0.4, 0.5) is 0 Å². The molecule has 106 valence electrons. The van der Waals surface area contributed by atoms with E-state index in [2.05, 4.69) is 37.8 Å². The highest BCUT2D eigenvalue weighted by atomic mass is 15.2. The van der Waals surface area contributed by atoms with E-state index in [1.54, 1.807) is 7.05 Å². The van der Waals surface area contributed by atoms with Crippen LogP contribution in [0.3, 0.4) is 0 Å². The Labute approximate surface area is 119 Å². The van der Waals surface area contributed by atoms with Gasteiger partial charge >= 0.3 is 0 Å². The topological polar surface area (TPSA) is 54.2 Å². The molecular weight excluding hydrogens is 250 g/mol. The average Bonchev–Trinajstić information content (AvgIpc) is 2.90. The van der Waals surface area contributed by atoms with Crippen LogP contribution in [-0.4, -0.2) is 35.6 Å². The lowest BCUT2D eigenvalue weighted by molar-refractivity contribution is 0.639. The van der Waals surface area contributed by atoms with Crippen LogP contribution in [0, 0.1) is 0 Å². The number of aromatic nitrogens is 2. The van der Waals surface area contributed by atoms with Crippen LogP contribution in [0.1, 0.15) is 6.42 Å². The van der Waals surface area contributed by atoms with Crippen molar-refractivity contribution in [3.05, 3.63) is 43.2 Å². The minimum Gasteiger partial charge on any atom is -0.356 e. The summed E-state index contributed by atoms with van der Waals surface area (Å²) in [7, 11) is 1.77. The first-order valence-electron chi connectivity index (χ1n) is 6.80. The number of aliphatic imine (C=N–C) groups is 1. The van der Waals surface area contributed by atoms with E-state index in [-0.39, 0.29) is 0 Å². The summed E-state index contributed by atoms with van der Waals surface area (Å²) in [6.07, 6.45) is 4.72. The van der Waals surface area contributed by atoms with Crippen molar-refractivity contribution in [3.63, 3.8) is 0 Å². The highest BCUT2D eigenvalue weighted by molar-refractivity contribution is 5.79. The van der Waals surface area contributed by atoms with Crippen molar-refractivity contribution in [2.75, 3.05) is 20.1 Å². The van der Waals surface area contributed by atoms with Crippen LogP contribution in [0.25, 0.3) is 11.0 Å². The Morgan fingerprint density at radius 1 is 1.40 bits per heavy atom. The molecule has 5 nitrogen and oxygen atoms in total. The third kappa shape index (κ3) is 3.60. The summed E-state index contributed by atoms with van der Waals surface area (Å²) in [6, 6.07) is 8.18. The summed E-state index contributed by atoms with van der Waals surface area (Å²) in [4.78, 5) is 8.52. The maximum Gasteiger partial charge on any atom is 0.191 e. The van der Waals surface area contributed by atoms with Gasteiger partial charge in [-0.1, -0.05) is 18.2 Å². The lowest BCUT2D eigenvalue weighted by Crippen LogP contribution is -2.37. The Hall–Kier alpha value is -2.30. The summed E-state index contributed by atoms with van der Waals surface area (Å²) in [5, 5.41) is 6.42. The number of rotatable bonds is 6. The highest BCUT2D eigenvalue weighted by Gasteiger charge is 2.01. The van der Waals surface area contributed by atoms with Gasteiger partial charge in [0.1, 0.15) is 0 Å². The fraction of sp³-hybridized carbons (Fsp3) is 0.333. The van der Waals surface area contributed by atoms with Crippen molar-refractivity contribution in [1.29, 1.82) is 0 Å². The van der Waals surface area contributed by atoms with E-state index < -0.39 is 0 Å². The minimum atomic E-state index is 0.714. The van der Waals surface area contributed by atoms with Gasteiger partial charge in [-0.05, 0) is 18.6 Å². The number of para-hydroxylation sites is 2. The molecule has 0 atom stereocenters. The van der Waals surface area contributed by atoms with Crippen molar-refractivity contribution in [3.8, 4) is 0 Å². The van der Waals surface area contributed by atoms with Crippen LogP contribution in [0.2, 0.25) is 0 Å². The van der Waals surface area contributed by atoms with Gasteiger partial charge in [0.15, 0.2) is 5.96 Å². The van der Waals surface area contributed by atoms with E-state index in [1.165, 1.54) is 5.52 Å². The molecule has 0 aliphatic carbocycles. The number of nitrogens with one attached hydrogen (secondary N) is 2. The van der Waals surface area contributed by atoms with Crippen LogP contribution < -0.4 is 10.6 Å². The summed E-state index contributed by atoms with van der Waals surface area (Å²) in [5.74, 6) is 0.806. The van der Waals surface area contributed by atoms with Crippen LogP contribution in [0.15, 0.2) is 48.2 Å². The molecule has 1 aromatic heterocycles. The van der Waals surface area contributed by atoms with Gasteiger partial charge in [-0.15, -0.1) is 6.58 Å². The van der Waals surface area contributed by atoms with Gasteiger partial charge in [0.2, 0.25) is 0 Å². The van der Waals surface area contributed by atoms with Gasteiger partial charge < -0.3 is 15.2 Å². The third-order valence-corrected chi connectivity index (χ3v) is 3.03. The fourth-order valence-corrected chi connectivity index (χ4v) is 2.03. The molecule has 0 spiro atoms. The molecule has 0 saturated heterocycles. The van der Waals surface area contributed by atoms with Crippen LogP contribution in [0.5, 0.6) is 0 Å². The first-order valence-corrected chi connectivity index (χ1v) is 6.80. The Balaban J connectivity index is 1.80. The maximum absolute atomic E-state index is 4.38. The van der Waals surface area contributed by atoms with E-state index >= 15 is 0 Å². The van der Waals surface area contributed by atoms with Crippen molar-refractivity contribution in [2.24, 2.45) is 4.99 Å². The molecule has 0 aliphatic rings. The zero-order valence-corrected chi connectivity index (χ0v) is 11.8. The summed E-state index contributed by atoms with van der Waals surface area (Å²) in [6.45, 7) is 6.19. The zero-order chi connectivity index (χ0) is 14.2. The zero-order valence-electron chi connectivity index (χ0n) is 11.8. The first-order chi connectivity index (χ1) is 9.85. The number of aryl methyl sites for hydroxylation is 1. The Morgan fingerprint density at radius 2 is 2.25 bits per heavy atom. The number of hydrogen-bond acceptors (Lipinski definition) is 2. The molecule has 20 heavy (non-hydrogen) atoms. The number of nitrogens with zero attached hydrogens (tertiary/aromatic N) is 3. The number of guanidine groups is 1. The highest BCUT2D eigenvalue weighted by Crippen LogP contribution is 2.11. The SMILES string of the molecule is C=CCNC(=NC)NCCCn1cnc2ccccc21. The lowest BCUT2D eigenvalue weighted by Gasteiger charge is -2.10. The number of imidazole rings is 1.